The summed E-state index contributed by atoms with van der Waals surface area (Å²) in [6.07, 6.45) is 5.38. The van der Waals surface area contributed by atoms with E-state index in [1.807, 2.05) is 24.4 Å². The molecule has 2 heterocycles. The van der Waals surface area contributed by atoms with Gasteiger partial charge in [-0.2, -0.15) is 0 Å². The largest absolute Gasteiger partial charge is 0.481 e. The van der Waals surface area contributed by atoms with Crippen LogP contribution in [0.25, 0.3) is 0 Å². The van der Waals surface area contributed by atoms with Crippen molar-refractivity contribution in [1.82, 2.24) is 15.3 Å². The van der Waals surface area contributed by atoms with Crippen LogP contribution in [0, 0.1) is 0 Å². The summed E-state index contributed by atoms with van der Waals surface area (Å²) in [5, 5.41) is 3.43. The van der Waals surface area contributed by atoms with Gasteiger partial charge in [0.15, 0.2) is 0 Å². The van der Waals surface area contributed by atoms with Gasteiger partial charge in [0.25, 0.3) is 0 Å². The highest BCUT2D eigenvalue weighted by molar-refractivity contribution is 5.25. The first kappa shape index (κ1) is 12.5. The standard InChI is InChI=1S/C14H17N3O/c1-11(12-5-3-7-15-9-12)17-10-13-6-4-8-16-14(13)18-2/h3-9,11,17H,10H2,1-2H3. The van der Waals surface area contributed by atoms with Crippen LogP contribution >= 0.6 is 0 Å². The molecule has 2 aromatic heterocycles. The van der Waals surface area contributed by atoms with Crippen molar-refractivity contribution >= 4 is 0 Å². The first-order chi connectivity index (χ1) is 8.81. The van der Waals surface area contributed by atoms with Gasteiger partial charge in [-0.25, -0.2) is 4.98 Å². The fourth-order valence-corrected chi connectivity index (χ4v) is 1.76. The maximum absolute atomic E-state index is 5.22. The van der Waals surface area contributed by atoms with E-state index < -0.39 is 0 Å². The van der Waals surface area contributed by atoms with Crippen LogP contribution in [0.1, 0.15) is 24.1 Å². The predicted octanol–water partition coefficient (Wildman–Crippen LogP) is 2.34. The lowest BCUT2D eigenvalue weighted by Gasteiger charge is -2.14. The number of hydrogen-bond acceptors (Lipinski definition) is 4. The van der Waals surface area contributed by atoms with Crippen LogP contribution in [0.15, 0.2) is 42.9 Å². The molecule has 0 aliphatic carbocycles. The van der Waals surface area contributed by atoms with Gasteiger partial charge in [0.05, 0.1) is 7.11 Å². The molecule has 0 amide bonds. The van der Waals surface area contributed by atoms with Gasteiger partial charge in [-0.1, -0.05) is 12.1 Å². The molecule has 1 N–H and O–H groups in total. The smallest absolute Gasteiger partial charge is 0.217 e. The van der Waals surface area contributed by atoms with E-state index in [1.54, 1.807) is 19.5 Å². The minimum Gasteiger partial charge on any atom is -0.481 e. The summed E-state index contributed by atoms with van der Waals surface area (Å²) in [6, 6.07) is 8.16. The van der Waals surface area contributed by atoms with Crippen molar-refractivity contribution in [3.05, 3.63) is 54.0 Å². The van der Waals surface area contributed by atoms with Crippen molar-refractivity contribution in [2.45, 2.75) is 19.5 Å². The Bertz CT molecular complexity index is 487. The Balaban J connectivity index is 1.99. The van der Waals surface area contributed by atoms with Crippen molar-refractivity contribution in [1.29, 1.82) is 0 Å². The fraction of sp³-hybridized carbons (Fsp3) is 0.286. The number of nitrogens with zero attached hydrogens (tertiary/aromatic N) is 2. The van der Waals surface area contributed by atoms with Crippen molar-refractivity contribution < 1.29 is 4.74 Å². The highest BCUT2D eigenvalue weighted by Crippen LogP contribution is 2.16. The van der Waals surface area contributed by atoms with E-state index in [9.17, 15) is 0 Å². The van der Waals surface area contributed by atoms with E-state index in [1.165, 1.54) is 5.56 Å². The summed E-state index contributed by atoms with van der Waals surface area (Å²) in [4.78, 5) is 8.29. The minimum absolute atomic E-state index is 0.239. The van der Waals surface area contributed by atoms with Gasteiger partial charge in [-0.15, -0.1) is 0 Å². The van der Waals surface area contributed by atoms with Gasteiger partial charge in [-0.3, -0.25) is 4.98 Å². The van der Waals surface area contributed by atoms with Gasteiger partial charge < -0.3 is 10.1 Å². The zero-order valence-electron chi connectivity index (χ0n) is 10.6. The zero-order valence-corrected chi connectivity index (χ0v) is 10.6. The second-order valence-corrected chi connectivity index (χ2v) is 4.06. The Morgan fingerprint density at radius 2 is 2.11 bits per heavy atom. The molecule has 2 rings (SSSR count). The highest BCUT2D eigenvalue weighted by Gasteiger charge is 2.07. The average Bonchev–Trinajstić information content (AvgIpc) is 2.46. The molecule has 0 radical (unpaired) electrons. The molecule has 0 aliphatic heterocycles. The van der Waals surface area contributed by atoms with Gasteiger partial charge in [0.1, 0.15) is 0 Å². The number of aromatic nitrogens is 2. The van der Waals surface area contributed by atoms with Crippen LogP contribution in [0.3, 0.4) is 0 Å². The van der Waals surface area contributed by atoms with Crippen molar-refractivity contribution in [3.63, 3.8) is 0 Å². The second kappa shape index (κ2) is 6.12. The third-order valence-corrected chi connectivity index (χ3v) is 2.83. The third-order valence-electron chi connectivity index (χ3n) is 2.83. The maximum atomic E-state index is 5.22. The molecule has 0 saturated heterocycles. The molecule has 0 spiro atoms. The fourth-order valence-electron chi connectivity index (χ4n) is 1.76. The van der Waals surface area contributed by atoms with E-state index >= 15 is 0 Å². The lowest BCUT2D eigenvalue weighted by atomic mass is 10.1. The molecule has 94 valence electrons. The molecule has 1 unspecified atom stereocenters. The lowest BCUT2D eigenvalue weighted by molar-refractivity contribution is 0.389. The quantitative estimate of drug-likeness (QED) is 0.875. The molecule has 1 atom stereocenters. The van der Waals surface area contributed by atoms with E-state index in [-0.39, 0.29) is 6.04 Å². The molecular formula is C14H17N3O. The molecule has 0 bridgehead atoms. The van der Waals surface area contributed by atoms with Crippen LogP contribution in [-0.2, 0) is 6.54 Å². The molecule has 0 aliphatic rings. The summed E-state index contributed by atoms with van der Waals surface area (Å²) < 4.78 is 5.22. The van der Waals surface area contributed by atoms with Crippen LogP contribution < -0.4 is 10.1 Å². The molecule has 2 aromatic rings. The van der Waals surface area contributed by atoms with E-state index in [4.69, 9.17) is 4.74 Å². The molecule has 0 saturated carbocycles. The number of rotatable bonds is 5. The first-order valence-corrected chi connectivity index (χ1v) is 5.92. The number of hydrogen-bond donors (Lipinski definition) is 1. The molecule has 18 heavy (non-hydrogen) atoms. The maximum Gasteiger partial charge on any atom is 0.217 e. The van der Waals surface area contributed by atoms with Crippen LogP contribution in [0.4, 0.5) is 0 Å². The van der Waals surface area contributed by atoms with E-state index in [0.717, 1.165) is 5.56 Å². The van der Waals surface area contributed by atoms with E-state index in [2.05, 4.69) is 28.3 Å². The third kappa shape index (κ3) is 3.05. The first-order valence-electron chi connectivity index (χ1n) is 5.92. The summed E-state index contributed by atoms with van der Waals surface area (Å²) >= 11 is 0. The molecular weight excluding hydrogens is 226 g/mol. The van der Waals surface area contributed by atoms with Gasteiger partial charge >= 0.3 is 0 Å². The number of nitrogens with one attached hydrogen (secondary N) is 1. The summed E-state index contributed by atoms with van der Waals surface area (Å²) in [6.45, 7) is 2.83. The molecule has 0 fully saturated rings. The minimum atomic E-state index is 0.239. The number of methoxy groups -OCH3 is 1. The van der Waals surface area contributed by atoms with Crippen molar-refractivity contribution in [2.24, 2.45) is 0 Å². The van der Waals surface area contributed by atoms with Crippen molar-refractivity contribution in [2.75, 3.05) is 7.11 Å². The summed E-state index contributed by atoms with van der Waals surface area (Å²) in [5.74, 6) is 0.670. The van der Waals surface area contributed by atoms with Crippen LogP contribution in [-0.4, -0.2) is 17.1 Å². The Kier molecular flexibility index (Phi) is 4.25. The number of ether oxygens (including phenoxy) is 1. The normalized spacial score (nSPS) is 12.1. The molecule has 4 nitrogen and oxygen atoms in total. The second-order valence-electron chi connectivity index (χ2n) is 4.06. The lowest BCUT2D eigenvalue weighted by Crippen LogP contribution is -2.18. The Morgan fingerprint density at radius 3 is 2.83 bits per heavy atom. The summed E-state index contributed by atoms with van der Waals surface area (Å²) in [5.41, 5.74) is 2.22. The Hall–Kier alpha value is -1.94. The highest BCUT2D eigenvalue weighted by atomic mass is 16.5. The average molecular weight is 243 g/mol. The summed E-state index contributed by atoms with van der Waals surface area (Å²) in [7, 11) is 1.64. The number of pyridine rings is 2. The van der Waals surface area contributed by atoms with Crippen molar-refractivity contribution in [3.8, 4) is 5.88 Å². The molecule has 0 aromatic carbocycles. The SMILES string of the molecule is COc1ncccc1CNC(C)c1cccnc1. The zero-order chi connectivity index (χ0) is 12.8. The Labute approximate surface area is 107 Å². The monoisotopic (exact) mass is 243 g/mol. The predicted molar refractivity (Wildman–Crippen MR) is 70.3 cm³/mol. The van der Waals surface area contributed by atoms with E-state index in [0.29, 0.717) is 12.4 Å². The van der Waals surface area contributed by atoms with Gasteiger partial charge in [0.2, 0.25) is 5.88 Å². The van der Waals surface area contributed by atoms with Gasteiger partial charge in [0, 0.05) is 36.7 Å². The van der Waals surface area contributed by atoms with Gasteiger partial charge in [-0.05, 0) is 24.6 Å². The molecule has 4 heteroatoms. The topological polar surface area (TPSA) is 47.0 Å². The Morgan fingerprint density at radius 1 is 1.28 bits per heavy atom. The van der Waals surface area contributed by atoms with Crippen LogP contribution in [0.2, 0.25) is 0 Å². The van der Waals surface area contributed by atoms with Crippen LogP contribution in [0.5, 0.6) is 5.88 Å².